The van der Waals surface area contributed by atoms with Crippen LogP contribution in [-0.4, -0.2) is 18.2 Å². The zero-order valence-corrected chi connectivity index (χ0v) is 16.0. The molecule has 0 aliphatic carbocycles. The number of hydrogen-bond donors (Lipinski definition) is 2. The molecule has 1 fully saturated rings. The number of fused-ring (bicyclic) bond motifs is 1. The van der Waals surface area contributed by atoms with E-state index in [0.717, 1.165) is 34.4 Å². The SMILES string of the molecule is Nc1cccc2c(NC(=O)c3ccc(N4CCCCCS4)cc3)cccc12. The molecular weight excluding hydrogens is 354 g/mol. The summed E-state index contributed by atoms with van der Waals surface area (Å²) in [5, 5.41) is 4.92. The van der Waals surface area contributed by atoms with Crippen LogP contribution in [0.1, 0.15) is 29.6 Å². The van der Waals surface area contributed by atoms with Gasteiger partial charge < -0.3 is 15.4 Å². The fourth-order valence-electron chi connectivity index (χ4n) is 3.39. The van der Waals surface area contributed by atoms with E-state index in [1.165, 1.54) is 19.3 Å². The third-order valence-electron chi connectivity index (χ3n) is 4.87. The van der Waals surface area contributed by atoms with Crippen LogP contribution in [0.2, 0.25) is 0 Å². The maximum absolute atomic E-state index is 12.7. The van der Waals surface area contributed by atoms with Gasteiger partial charge in [0.05, 0.1) is 0 Å². The highest BCUT2D eigenvalue weighted by Crippen LogP contribution is 2.29. The van der Waals surface area contributed by atoms with Crippen molar-refractivity contribution < 1.29 is 4.79 Å². The molecule has 4 rings (SSSR count). The van der Waals surface area contributed by atoms with E-state index in [2.05, 4.69) is 9.62 Å². The predicted molar refractivity (Wildman–Crippen MR) is 116 cm³/mol. The molecule has 3 aromatic carbocycles. The van der Waals surface area contributed by atoms with Crippen LogP contribution in [0.25, 0.3) is 10.8 Å². The van der Waals surface area contributed by atoms with Gasteiger partial charge in [-0.25, -0.2) is 0 Å². The number of anilines is 3. The maximum atomic E-state index is 12.7. The lowest BCUT2D eigenvalue weighted by molar-refractivity contribution is 0.102. The van der Waals surface area contributed by atoms with E-state index in [0.29, 0.717) is 11.3 Å². The average molecular weight is 378 g/mol. The van der Waals surface area contributed by atoms with Crippen molar-refractivity contribution in [2.75, 3.05) is 27.7 Å². The molecule has 27 heavy (non-hydrogen) atoms. The lowest BCUT2D eigenvalue weighted by atomic mass is 10.1. The number of nitrogens with one attached hydrogen (secondary N) is 1. The molecule has 0 aromatic heterocycles. The minimum absolute atomic E-state index is 0.111. The summed E-state index contributed by atoms with van der Waals surface area (Å²) in [7, 11) is 0. The van der Waals surface area contributed by atoms with Crippen molar-refractivity contribution >= 4 is 45.7 Å². The molecule has 1 amide bonds. The van der Waals surface area contributed by atoms with Crippen molar-refractivity contribution in [1.29, 1.82) is 0 Å². The molecule has 138 valence electrons. The quantitative estimate of drug-likeness (QED) is 0.479. The number of nitrogens with two attached hydrogens (primary N) is 1. The number of rotatable bonds is 3. The van der Waals surface area contributed by atoms with E-state index < -0.39 is 0 Å². The number of nitrogens with zero attached hydrogens (tertiary/aromatic N) is 1. The second-order valence-corrected chi connectivity index (χ2v) is 7.85. The van der Waals surface area contributed by atoms with Gasteiger partial charge in [0.15, 0.2) is 0 Å². The smallest absolute Gasteiger partial charge is 0.255 e. The fraction of sp³-hybridized carbons (Fsp3) is 0.227. The van der Waals surface area contributed by atoms with Crippen molar-refractivity contribution in [3.05, 3.63) is 66.2 Å². The molecule has 0 bridgehead atoms. The number of amides is 1. The van der Waals surface area contributed by atoms with Gasteiger partial charge in [-0.2, -0.15) is 0 Å². The first-order valence-electron chi connectivity index (χ1n) is 9.31. The summed E-state index contributed by atoms with van der Waals surface area (Å²) >= 11 is 1.88. The van der Waals surface area contributed by atoms with Gasteiger partial charge in [-0.3, -0.25) is 4.79 Å². The van der Waals surface area contributed by atoms with Crippen molar-refractivity contribution in [3.63, 3.8) is 0 Å². The van der Waals surface area contributed by atoms with Crippen LogP contribution in [0.5, 0.6) is 0 Å². The Morgan fingerprint density at radius 2 is 1.70 bits per heavy atom. The Kier molecular flexibility index (Phi) is 5.21. The number of carbonyl (C=O) groups is 1. The van der Waals surface area contributed by atoms with Crippen molar-refractivity contribution in [3.8, 4) is 0 Å². The molecule has 1 aliphatic heterocycles. The van der Waals surface area contributed by atoms with Crippen LogP contribution in [-0.2, 0) is 0 Å². The van der Waals surface area contributed by atoms with E-state index in [4.69, 9.17) is 5.73 Å². The van der Waals surface area contributed by atoms with Gasteiger partial charge in [-0.05, 0) is 61.2 Å². The normalized spacial score (nSPS) is 14.7. The van der Waals surface area contributed by atoms with Crippen LogP contribution in [0, 0.1) is 0 Å². The summed E-state index contributed by atoms with van der Waals surface area (Å²) in [4.78, 5) is 12.7. The summed E-state index contributed by atoms with van der Waals surface area (Å²) in [6.07, 6.45) is 3.79. The Bertz CT molecular complexity index is 947. The third kappa shape index (κ3) is 3.88. The van der Waals surface area contributed by atoms with Gasteiger partial charge in [0.25, 0.3) is 5.91 Å². The molecule has 1 heterocycles. The highest BCUT2D eigenvalue weighted by molar-refractivity contribution is 8.00. The lowest BCUT2D eigenvalue weighted by Crippen LogP contribution is -2.15. The Morgan fingerprint density at radius 3 is 2.56 bits per heavy atom. The number of nitrogen functional groups attached to an aromatic ring is 1. The van der Waals surface area contributed by atoms with Crippen LogP contribution in [0.15, 0.2) is 60.7 Å². The molecule has 1 saturated heterocycles. The highest BCUT2D eigenvalue weighted by atomic mass is 32.2. The first-order chi connectivity index (χ1) is 13.2. The number of carbonyl (C=O) groups excluding carboxylic acids is 1. The molecule has 0 radical (unpaired) electrons. The van der Waals surface area contributed by atoms with Crippen molar-refractivity contribution in [2.45, 2.75) is 19.3 Å². The van der Waals surface area contributed by atoms with E-state index in [1.54, 1.807) is 0 Å². The standard InChI is InChI=1S/C22H23N3OS/c23-20-8-4-7-19-18(20)6-5-9-21(19)24-22(26)16-10-12-17(13-11-16)25-14-2-1-3-15-27-25/h4-13H,1-3,14-15,23H2,(H,24,26). The molecule has 0 unspecified atom stereocenters. The minimum atomic E-state index is -0.111. The summed E-state index contributed by atoms with van der Waals surface area (Å²) in [5.41, 5.74) is 9.35. The maximum Gasteiger partial charge on any atom is 0.255 e. The largest absolute Gasteiger partial charge is 0.398 e. The second-order valence-electron chi connectivity index (χ2n) is 6.74. The lowest BCUT2D eigenvalue weighted by Gasteiger charge is -2.21. The minimum Gasteiger partial charge on any atom is -0.398 e. The summed E-state index contributed by atoms with van der Waals surface area (Å²) in [6, 6.07) is 19.4. The van der Waals surface area contributed by atoms with Crippen molar-refractivity contribution in [2.24, 2.45) is 0 Å². The summed E-state index contributed by atoms with van der Waals surface area (Å²) in [5.74, 6) is 1.05. The van der Waals surface area contributed by atoms with Crippen molar-refractivity contribution in [1.82, 2.24) is 0 Å². The molecular formula is C22H23N3OS. The molecule has 3 aromatic rings. The molecule has 5 heteroatoms. The van der Waals surface area contributed by atoms with Crippen LogP contribution in [0.4, 0.5) is 17.1 Å². The van der Waals surface area contributed by atoms with E-state index in [1.807, 2.05) is 72.6 Å². The number of benzene rings is 3. The molecule has 0 atom stereocenters. The first kappa shape index (κ1) is 17.7. The zero-order chi connectivity index (χ0) is 18.6. The molecule has 0 spiro atoms. The average Bonchev–Trinajstić information content (AvgIpc) is 2.98. The fourth-order valence-corrected chi connectivity index (χ4v) is 4.48. The van der Waals surface area contributed by atoms with E-state index in [9.17, 15) is 4.79 Å². The van der Waals surface area contributed by atoms with Gasteiger partial charge in [0.1, 0.15) is 0 Å². The molecule has 4 nitrogen and oxygen atoms in total. The Hall–Kier alpha value is -2.66. The van der Waals surface area contributed by atoms with Crippen LogP contribution >= 0.6 is 11.9 Å². The van der Waals surface area contributed by atoms with Gasteiger partial charge in [-0.1, -0.05) is 30.7 Å². The Morgan fingerprint density at radius 1 is 0.926 bits per heavy atom. The molecule has 0 saturated carbocycles. The van der Waals surface area contributed by atoms with Gasteiger partial charge >= 0.3 is 0 Å². The Labute approximate surface area is 163 Å². The summed E-state index contributed by atoms with van der Waals surface area (Å²) < 4.78 is 2.34. The summed E-state index contributed by atoms with van der Waals surface area (Å²) in [6.45, 7) is 1.06. The monoisotopic (exact) mass is 377 g/mol. The van der Waals surface area contributed by atoms with Gasteiger partial charge in [-0.15, -0.1) is 0 Å². The van der Waals surface area contributed by atoms with Gasteiger partial charge in [0, 0.05) is 45.7 Å². The Balaban J connectivity index is 1.53. The topological polar surface area (TPSA) is 58.4 Å². The van der Waals surface area contributed by atoms with Gasteiger partial charge in [0.2, 0.25) is 0 Å². The number of hydrogen-bond acceptors (Lipinski definition) is 4. The first-order valence-corrected chi connectivity index (χ1v) is 10.3. The molecule has 1 aliphatic rings. The van der Waals surface area contributed by atoms with E-state index >= 15 is 0 Å². The van der Waals surface area contributed by atoms with Crippen LogP contribution < -0.4 is 15.4 Å². The molecule has 3 N–H and O–H groups in total. The third-order valence-corrected chi connectivity index (χ3v) is 6.05. The van der Waals surface area contributed by atoms with E-state index in [-0.39, 0.29) is 5.91 Å². The predicted octanol–water partition coefficient (Wildman–Crippen LogP) is 5.31. The zero-order valence-electron chi connectivity index (χ0n) is 15.2. The second kappa shape index (κ2) is 7.92. The highest BCUT2D eigenvalue weighted by Gasteiger charge is 2.13. The van der Waals surface area contributed by atoms with Crippen LogP contribution in [0.3, 0.4) is 0 Å².